The number of carbonyl (C=O) groups is 1. The summed E-state index contributed by atoms with van der Waals surface area (Å²) in [4.78, 5) is 14.8. The number of amides is 1. The summed E-state index contributed by atoms with van der Waals surface area (Å²) < 4.78 is 8.33. The number of hydrogen-bond acceptors (Lipinski definition) is 5. The van der Waals surface area contributed by atoms with Gasteiger partial charge in [-0.25, -0.2) is 0 Å². The summed E-state index contributed by atoms with van der Waals surface area (Å²) in [6.45, 7) is 10.3. The lowest BCUT2D eigenvalue weighted by Gasteiger charge is -2.35. The molecule has 0 bridgehead atoms. The minimum Gasteiger partial charge on any atom is -0.373 e. The highest BCUT2D eigenvalue weighted by atomic mass is 32.1. The topological polar surface area (TPSA) is 75.2 Å². The minimum atomic E-state index is -0.0719. The molecule has 1 aromatic heterocycles. The molecule has 0 saturated carbocycles. The predicted octanol–water partition coefficient (Wildman–Crippen LogP) is 2.54. The van der Waals surface area contributed by atoms with Gasteiger partial charge in [0.05, 0.1) is 12.2 Å². The summed E-state index contributed by atoms with van der Waals surface area (Å²) in [7, 11) is 0. The van der Waals surface area contributed by atoms with E-state index in [1.807, 2.05) is 35.8 Å². The van der Waals surface area contributed by atoms with Gasteiger partial charge in [-0.1, -0.05) is 12.1 Å². The van der Waals surface area contributed by atoms with E-state index in [1.165, 1.54) is 5.56 Å². The number of aromatic nitrogens is 3. The molecule has 1 amide bonds. The van der Waals surface area contributed by atoms with E-state index >= 15 is 0 Å². The van der Waals surface area contributed by atoms with E-state index < -0.39 is 0 Å². The Bertz CT molecular complexity index is 835. The Balaban J connectivity index is 1.50. The molecule has 7 nitrogen and oxygen atoms in total. The summed E-state index contributed by atoms with van der Waals surface area (Å²) in [5.74, 6) is 0.787. The van der Waals surface area contributed by atoms with Crippen LogP contribution in [0.3, 0.4) is 0 Å². The van der Waals surface area contributed by atoms with E-state index in [0.717, 1.165) is 32.0 Å². The van der Waals surface area contributed by atoms with Crippen LogP contribution >= 0.6 is 12.2 Å². The van der Waals surface area contributed by atoms with Gasteiger partial charge in [0.25, 0.3) is 5.91 Å². The summed E-state index contributed by atoms with van der Waals surface area (Å²) in [6, 6.07) is 7.84. The van der Waals surface area contributed by atoms with E-state index in [0.29, 0.717) is 23.3 Å². The van der Waals surface area contributed by atoms with Crippen molar-refractivity contribution < 1.29 is 9.53 Å². The zero-order valence-electron chi connectivity index (χ0n) is 16.8. The smallest absolute Gasteiger partial charge is 0.251 e. The number of carbonyl (C=O) groups excluding carboxylic acids is 1. The molecule has 2 atom stereocenters. The van der Waals surface area contributed by atoms with Crippen molar-refractivity contribution in [1.82, 2.24) is 25.0 Å². The molecular weight excluding hydrogens is 374 g/mol. The molecule has 2 aromatic rings. The van der Waals surface area contributed by atoms with Crippen LogP contribution in [0.1, 0.15) is 42.5 Å². The maximum atomic E-state index is 12.4. The largest absolute Gasteiger partial charge is 0.373 e. The summed E-state index contributed by atoms with van der Waals surface area (Å²) >= 11 is 5.18. The molecule has 2 heterocycles. The summed E-state index contributed by atoms with van der Waals surface area (Å²) in [6.07, 6.45) is 1.15. The number of benzene rings is 1. The van der Waals surface area contributed by atoms with Gasteiger partial charge in [0.2, 0.25) is 0 Å². The van der Waals surface area contributed by atoms with Crippen LogP contribution in [-0.4, -0.2) is 57.4 Å². The highest BCUT2D eigenvalue weighted by Gasteiger charge is 2.22. The van der Waals surface area contributed by atoms with Gasteiger partial charge >= 0.3 is 0 Å². The third kappa shape index (κ3) is 5.27. The normalized spacial score (nSPS) is 20.2. The van der Waals surface area contributed by atoms with Crippen LogP contribution in [0, 0.1) is 4.77 Å². The average molecular weight is 404 g/mol. The molecule has 0 aliphatic carbocycles. The first-order valence-electron chi connectivity index (χ1n) is 9.85. The van der Waals surface area contributed by atoms with Crippen LogP contribution in [0.15, 0.2) is 24.3 Å². The Labute approximate surface area is 171 Å². The fraction of sp³-hybridized carbons (Fsp3) is 0.550. The fourth-order valence-electron chi connectivity index (χ4n) is 3.69. The third-order valence-corrected chi connectivity index (χ3v) is 5.22. The lowest BCUT2D eigenvalue weighted by atomic mass is 10.1. The molecule has 1 fully saturated rings. The Morgan fingerprint density at radius 3 is 2.61 bits per heavy atom. The monoisotopic (exact) mass is 403 g/mol. The molecule has 0 spiro atoms. The number of morpholine rings is 1. The highest BCUT2D eigenvalue weighted by Crippen LogP contribution is 2.15. The maximum absolute atomic E-state index is 12.4. The SMILES string of the molecule is CCn1c(CCNC(=O)c2ccc(CN3CC(C)OC(C)C3)cc2)n[nH]c1=S. The van der Waals surface area contributed by atoms with Crippen LogP contribution in [0.4, 0.5) is 0 Å². The van der Waals surface area contributed by atoms with Gasteiger partial charge in [0.1, 0.15) is 5.82 Å². The maximum Gasteiger partial charge on any atom is 0.251 e. The molecule has 28 heavy (non-hydrogen) atoms. The third-order valence-electron chi connectivity index (χ3n) is 4.91. The van der Waals surface area contributed by atoms with Crippen molar-refractivity contribution in [2.45, 2.75) is 52.5 Å². The van der Waals surface area contributed by atoms with Gasteiger partial charge < -0.3 is 14.6 Å². The van der Waals surface area contributed by atoms with Gasteiger partial charge in [-0.2, -0.15) is 5.10 Å². The number of nitrogens with zero attached hydrogens (tertiary/aromatic N) is 3. The first-order chi connectivity index (χ1) is 13.5. The number of aromatic amines is 1. The molecule has 1 saturated heterocycles. The van der Waals surface area contributed by atoms with Crippen molar-refractivity contribution in [3.05, 3.63) is 46.0 Å². The molecule has 1 aliphatic heterocycles. The van der Waals surface area contributed by atoms with Gasteiger partial charge in [0, 0.05) is 44.7 Å². The second-order valence-electron chi connectivity index (χ2n) is 7.34. The Morgan fingerprint density at radius 2 is 1.96 bits per heavy atom. The molecule has 2 N–H and O–H groups in total. The van der Waals surface area contributed by atoms with E-state index in [1.54, 1.807) is 0 Å². The number of hydrogen-bond donors (Lipinski definition) is 2. The lowest BCUT2D eigenvalue weighted by Crippen LogP contribution is -2.44. The van der Waals surface area contributed by atoms with Crippen LogP contribution < -0.4 is 5.32 Å². The standard InChI is InChI=1S/C20H29N5O2S/c1-4-25-18(22-23-20(25)28)9-10-21-19(26)17-7-5-16(6-8-17)13-24-11-14(2)27-15(3)12-24/h5-8,14-15H,4,9-13H2,1-3H3,(H,21,26)(H,23,28). The Morgan fingerprint density at radius 1 is 1.29 bits per heavy atom. The van der Waals surface area contributed by atoms with Crippen LogP contribution in [0.25, 0.3) is 0 Å². The van der Waals surface area contributed by atoms with E-state index in [2.05, 4.69) is 34.3 Å². The van der Waals surface area contributed by atoms with Gasteiger partial charge in [0.15, 0.2) is 4.77 Å². The molecule has 1 aliphatic rings. The van der Waals surface area contributed by atoms with Crippen molar-refractivity contribution >= 4 is 18.1 Å². The Kier molecular flexibility index (Phi) is 6.98. The molecule has 8 heteroatoms. The van der Waals surface area contributed by atoms with Crippen molar-refractivity contribution in [3.8, 4) is 0 Å². The molecule has 3 rings (SSSR count). The number of rotatable bonds is 7. The van der Waals surface area contributed by atoms with Crippen molar-refractivity contribution in [3.63, 3.8) is 0 Å². The second kappa shape index (κ2) is 9.45. The fourth-order valence-corrected chi connectivity index (χ4v) is 3.97. The van der Waals surface area contributed by atoms with Gasteiger partial charge in [-0.3, -0.25) is 14.8 Å². The summed E-state index contributed by atoms with van der Waals surface area (Å²) in [5, 5.41) is 9.96. The number of H-pyrrole nitrogens is 1. The highest BCUT2D eigenvalue weighted by molar-refractivity contribution is 7.71. The molecule has 0 radical (unpaired) electrons. The van der Waals surface area contributed by atoms with E-state index in [4.69, 9.17) is 17.0 Å². The van der Waals surface area contributed by atoms with Crippen LogP contribution in [-0.2, 0) is 24.2 Å². The number of ether oxygens (including phenoxy) is 1. The molecule has 152 valence electrons. The molecule has 1 aromatic carbocycles. The lowest BCUT2D eigenvalue weighted by molar-refractivity contribution is -0.0704. The average Bonchev–Trinajstić information content (AvgIpc) is 3.01. The van der Waals surface area contributed by atoms with Crippen molar-refractivity contribution in [1.29, 1.82) is 0 Å². The molecular formula is C20H29N5O2S. The second-order valence-corrected chi connectivity index (χ2v) is 7.73. The zero-order valence-corrected chi connectivity index (χ0v) is 17.6. The van der Waals surface area contributed by atoms with Gasteiger partial charge in [-0.05, 0) is 50.7 Å². The van der Waals surface area contributed by atoms with Crippen LogP contribution in [0.5, 0.6) is 0 Å². The van der Waals surface area contributed by atoms with Crippen LogP contribution in [0.2, 0.25) is 0 Å². The molecule has 2 unspecified atom stereocenters. The number of nitrogens with one attached hydrogen (secondary N) is 2. The summed E-state index contributed by atoms with van der Waals surface area (Å²) in [5.41, 5.74) is 1.87. The van der Waals surface area contributed by atoms with Gasteiger partial charge in [-0.15, -0.1) is 0 Å². The first-order valence-corrected chi connectivity index (χ1v) is 10.3. The zero-order chi connectivity index (χ0) is 20.1. The van der Waals surface area contributed by atoms with E-state index in [9.17, 15) is 4.79 Å². The predicted molar refractivity (Wildman–Crippen MR) is 111 cm³/mol. The quantitative estimate of drug-likeness (QED) is 0.695. The van der Waals surface area contributed by atoms with Crippen molar-refractivity contribution in [2.24, 2.45) is 0 Å². The minimum absolute atomic E-state index is 0.0719. The first kappa shape index (κ1) is 20.7. The van der Waals surface area contributed by atoms with E-state index in [-0.39, 0.29) is 18.1 Å². The Hall–Kier alpha value is -2.03. The van der Waals surface area contributed by atoms with Crippen molar-refractivity contribution in [2.75, 3.05) is 19.6 Å².